The molecule has 0 atom stereocenters. The molecule has 0 saturated heterocycles. The molecule has 6 rings (SSSR count). The molecular formula is C29H31N3O. The summed E-state index contributed by atoms with van der Waals surface area (Å²) < 4.78 is 2.30. The zero-order valence-electron chi connectivity index (χ0n) is 19.0. The third-order valence-electron chi connectivity index (χ3n) is 8.31. The summed E-state index contributed by atoms with van der Waals surface area (Å²) in [4.78, 5) is 18.9. The van der Waals surface area contributed by atoms with Crippen molar-refractivity contribution in [1.29, 1.82) is 0 Å². The molecule has 2 N–H and O–H groups in total. The van der Waals surface area contributed by atoms with Crippen molar-refractivity contribution in [3.05, 3.63) is 66.7 Å². The molecule has 2 aliphatic carbocycles. The van der Waals surface area contributed by atoms with Gasteiger partial charge >= 0.3 is 0 Å². The number of aromatic nitrogens is 2. The Bertz CT molecular complexity index is 1300. The fraction of sp³-hybridized carbons (Fsp3) is 0.379. The number of rotatable bonds is 5. The van der Waals surface area contributed by atoms with E-state index in [4.69, 9.17) is 10.7 Å². The van der Waals surface area contributed by atoms with Crippen LogP contribution in [0.4, 0.5) is 0 Å². The summed E-state index contributed by atoms with van der Waals surface area (Å²) >= 11 is 0. The van der Waals surface area contributed by atoms with E-state index in [1.54, 1.807) is 0 Å². The molecule has 0 aliphatic heterocycles. The minimum absolute atomic E-state index is 0.175. The lowest BCUT2D eigenvalue weighted by molar-refractivity contribution is -0.133. The van der Waals surface area contributed by atoms with Gasteiger partial charge in [-0.25, -0.2) is 4.98 Å². The van der Waals surface area contributed by atoms with Gasteiger partial charge in [-0.2, -0.15) is 0 Å². The Kier molecular flexibility index (Phi) is 4.97. The number of benzene rings is 3. The third-order valence-corrected chi connectivity index (χ3v) is 8.31. The first-order valence-corrected chi connectivity index (χ1v) is 12.5. The molecule has 2 aliphatic rings. The first kappa shape index (κ1) is 20.5. The van der Waals surface area contributed by atoms with E-state index in [2.05, 4.69) is 65.2 Å². The summed E-state index contributed by atoms with van der Waals surface area (Å²) in [5, 5.41) is 2.34. The van der Waals surface area contributed by atoms with E-state index < -0.39 is 5.54 Å². The third kappa shape index (κ3) is 3.03. The largest absolute Gasteiger partial charge is 0.368 e. The second-order valence-corrected chi connectivity index (χ2v) is 9.94. The summed E-state index contributed by atoms with van der Waals surface area (Å²) in [5.41, 5.74) is 8.78. The summed E-state index contributed by atoms with van der Waals surface area (Å²) in [5.74, 6) is 1.21. The van der Waals surface area contributed by atoms with Gasteiger partial charge in [-0.1, -0.05) is 80.3 Å². The van der Waals surface area contributed by atoms with E-state index >= 15 is 0 Å². The summed E-state index contributed by atoms with van der Waals surface area (Å²) in [6.07, 6.45) is 8.90. The van der Waals surface area contributed by atoms with E-state index in [0.29, 0.717) is 0 Å². The quantitative estimate of drug-likeness (QED) is 0.392. The average molecular weight is 438 g/mol. The number of imidazole rings is 1. The fourth-order valence-corrected chi connectivity index (χ4v) is 6.94. The number of hydrogen-bond acceptors (Lipinski definition) is 2. The van der Waals surface area contributed by atoms with Gasteiger partial charge in [0.05, 0.1) is 11.0 Å². The van der Waals surface area contributed by atoms with Crippen molar-refractivity contribution in [3.8, 4) is 11.4 Å². The van der Waals surface area contributed by atoms with Crippen molar-refractivity contribution < 1.29 is 4.79 Å². The topological polar surface area (TPSA) is 60.9 Å². The maximum Gasteiger partial charge on any atom is 0.244 e. The first-order valence-electron chi connectivity index (χ1n) is 12.5. The molecule has 1 heterocycles. The van der Waals surface area contributed by atoms with E-state index in [-0.39, 0.29) is 17.7 Å². The van der Waals surface area contributed by atoms with Crippen molar-refractivity contribution in [2.45, 2.75) is 56.9 Å². The van der Waals surface area contributed by atoms with Crippen LogP contribution in [-0.4, -0.2) is 15.5 Å². The lowest BCUT2D eigenvalue weighted by Gasteiger charge is -2.44. The minimum atomic E-state index is -0.741. The van der Waals surface area contributed by atoms with Crippen molar-refractivity contribution in [1.82, 2.24) is 9.55 Å². The van der Waals surface area contributed by atoms with E-state index in [1.165, 1.54) is 31.1 Å². The predicted octanol–water partition coefficient (Wildman–Crippen LogP) is 6.42. The monoisotopic (exact) mass is 437 g/mol. The molecule has 2 fully saturated rings. The van der Waals surface area contributed by atoms with Gasteiger partial charge in [0.25, 0.3) is 0 Å². The Morgan fingerprint density at radius 3 is 2.12 bits per heavy atom. The predicted molar refractivity (Wildman–Crippen MR) is 134 cm³/mol. The smallest absolute Gasteiger partial charge is 0.244 e. The molecule has 4 nitrogen and oxygen atoms in total. The molecule has 1 amide bonds. The molecule has 33 heavy (non-hydrogen) atoms. The van der Waals surface area contributed by atoms with Crippen molar-refractivity contribution in [3.63, 3.8) is 0 Å². The molecule has 0 radical (unpaired) electrons. The zero-order valence-corrected chi connectivity index (χ0v) is 19.0. The molecule has 168 valence electrons. The van der Waals surface area contributed by atoms with Crippen LogP contribution in [0.15, 0.2) is 66.7 Å². The maximum absolute atomic E-state index is 13.8. The lowest BCUT2D eigenvalue weighted by atomic mass is 9.70. The molecule has 2 saturated carbocycles. The second-order valence-electron chi connectivity index (χ2n) is 9.94. The van der Waals surface area contributed by atoms with Crippen LogP contribution in [-0.2, 0) is 10.3 Å². The van der Waals surface area contributed by atoms with Crippen LogP contribution in [0.5, 0.6) is 0 Å². The molecule has 3 aromatic carbocycles. The highest BCUT2D eigenvalue weighted by Crippen LogP contribution is 2.52. The summed E-state index contributed by atoms with van der Waals surface area (Å²) in [6, 6.07) is 23.1. The highest BCUT2D eigenvalue weighted by atomic mass is 16.1. The number of hydrogen-bond donors (Lipinski definition) is 1. The first-order chi connectivity index (χ1) is 16.2. The SMILES string of the molecule is NC(=O)C(C1CCCC1)(C1CCCC1)n1c(-c2cccc3ccccc23)nc2ccccc21. The van der Waals surface area contributed by atoms with Crippen molar-refractivity contribution >= 4 is 27.7 Å². The van der Waals surface area contributed by atoms with Gasteiger partial charge in [-0.15, -0.1) is 0 Å². The van der Waals surface area contributed by atoms with Gasteiger partial charge in [-0.3, -0.25) is 4.79 Å². The zero-order chi connectivity index (χ0) is 22.4. The maximum atomic E-state index is 13.8. The van der Waals surface area contributed by atoms with Gasteiger partial charge in [0, 0.05) is 5.56 Å². The van der Waals surface area contributed by atoms with Crippen molar-refractivity contribution in [2.75, 3.05) is 0 Å². The van der Waals surface area contributed by atoms with Crippen LogP contribution < -0.4 is 5.73 Å². The Morgan fingerprint density at radius 2 is 1.42 bits per heavy atom. The van der Waals surface area contributed by atoms with Crippen LogP contribution in [0.2, 0.25) is 0 Å². The van der Waals surface area contributed by atoms with E-state index in [0.717, 1.165) is 53.5 Å². The Labute approximate surface area is 194 Å². The molecule has 0 unspecified atom stereocenters. The molecule has 0 bridgehead atoms. The van der Waals surface area contributed by atoms with Crippen LogP contribution in [0, 0.1) is 11.8 Å². The van der Waals surface area contributed by atoms with Gasteiger partial charge in [0.15, 0.2) is 0 Å². The Hall–Kier alpha value is -3.14. The minimum Gasteiger partial charge on any atom is -0.368 e. The van der Waals surface area contributed by atoms with Gasteiger partial charge in [0.1, 0.15) is 11.4 Å². The van der Waals surface area contributed by atoms with Crippen molar-refractivity contribution in [2.24, 2.45) is 17.6 Å². The van der Waals surface area contributed by atoms with Crippen LogP contribution in [0.3, 0.4) is 0 Å². The summed E-state index contributed by atoms with van der Waals surface area (Å²) in [7, 11) is 0. The van der Waals surface area contributed by atoms with Crippen LogP contribution in [0.25, 0.3) is 33.2 Å². The van der Waals surface area contributed by atoms with Gasteiger partial charge < -0.3 is 10.3 Å². The number of carbonyl (C=O) groups excluding carboxylic acids is 1. The molecule has 1 aromatic heterocycles. The molecular weight excluding hydrogens is 406 g/mol. The highest BCUT2D eigenvalue weighted by molar-refractivity contribution is 5.98. The molecule has 0 spiro atoms. The highest BCUT2D eigenvalue weighted by Gasteiger charge is 2.54. The van der Waals surface area contributed by atoms with E-state index in [1.807, 2.05) is 6.07 Å². The van der Waals surface area contributed by atoms with Gasteiger partial charge in [-0.05, 0) is 60.4 Å². The van der Waals surface area contributed by atoms with Crippen LogP contribution in [0.1, 0.15) is 51.4 Å². The van der Waals surface area contributed by atoms with Gasteiger partial charge in [0.2, 0.25) is 5.91 Å². The number of amides is 1. The van der Waals surface area contributed by atoms with E-state index in [9.17, 15) is 4.79 Å². The Morgan fingerprint density at radius 1 is 0.818 bits per heavy atom. The van der Waals surface area contributed by atoms with Crippen LogP contribution >= 0.6 is 0 Å². The number of primary amides is 1. The number of carbonyl (C=O) groups is 1. The molecule has 4 heteroatoms. The lowest BCUT2D eigenvalue weighted by Crippen LogP contribution is -2.56. The number of para-hydroxylation sites is 2. The fourth-order valence-electron chi connectivity index (χ4n) is 6.94. The normalized spacial score (nSPS) is 17.9. The Balaban J connectivity index is 1.73. The average Bonchev–Trinajstić information content (AvgIpc) is 3.62. The number of fused-ring (bicyclic) bond motifs is 2. The number of nitrogens with zero attached hydrogens (tertiary/aromatic N) is 2. The standard InChI is InChI=1S/C29H31N3O/c30-28(33)29(21-12-2-3-13-21,22-14-4-5-15-22)32-26-19-8-7-18-25(26)31-27(32)24-17-9-11-20-10-1-6-16-23(20)24/h1,6-11,16-19,21-22H,2-5,12-15H2,(H2,30,33). The summed E-state index contributed by atoms with van der Waals surface area (Å²) in [6.45, 7) is 0. The number of nitrogens with two attached hydrogens (primary N) is 1. The second kappa shape index (κ2) is 8.02. The molecule has 4 aromatic rings.